The van der Waals surface area contributed by atoms with Crippen LogP contribution >= 0.6 is 12.4 Å². The predicted octanol–water partition coefficient (Wildman–Crippen LogP) is 2.52. The molecule has 0 aliphatic heterocycles. The second kappa shape index (κ2) is 6.73. The van der Waals surface area contributed by atoms with E-state index in [-0.39, 0.29) is 25.4 Å². The lowest BCUT2D eigenvalue weighted by atomic mass is 10.2. The number of hydrogen-bond acceptors (Lipinski definition) is 1. The first kappa shape index (κ1) is 13.6. The molecule has 0 saturated carbocycles. The standard InChI is InChI=1S/C6H11F3O.ClH/c7-6(8,9)4-2-1-3-5-10;/h10H,1-5H2;1H. The number of hydrogen-bond donors (Lipinski definition) is 1. The summed E-state index contributed by atoms with van der Waals surface area (Å²) in [6.45, 7) is -0.0160. The largest absolute Gasteiger partial charge is 0.396 e. The molecule has 0 amide bonds. The summed E-state index contributed by atoms with van der Waals surface area (Å²) >= 11 is 0. The first-order valence-electron chi connectivity index (χ1n) is 3.24. The fraction of sp³-hybridized carbons (Fsp3) is 1.00. The van der Waals surface area contributed by atoms with Gasteiger partial charge in [-0.2, -0.15) is 13.2 Å². The Morgan fingerprint density at radius 1 is 1.00 bits per heavy atom. The van der Waals surface area contributed by atoms with Crippen molar-refractivity contribution in [3.63, 3.8) is 0 Å². The molecule has 0 fully saturated rings. The molecule has 0 aromatic carbocycles. The molecule has 11 heavy (non-hydrogen) atoms. The van der Waals surface area contributed by atoms with Crippen LogP contribution in [-0.2, 0) is 0 Å². The maximum atomic E-state index is 11.4. The number of aliphatic hydroxyl groups excluding tert-OH is 1. The summed E-state index contributed by atoms with van der Waals surface area (Å²) in [6, 6.07) is 0. The molecule has 0 rings (SSSR count). The molecule has 0 radical (unpaired) electrons. The van der Waals surface area contributed by atoms with Crippen LogP contribution in [0.4, 0.5) is 13.2 Å². The average Bonchev–Trinajstić information content (AvgIpc) is 1.78. The Bertz CT molecular complexity index is 84.4. The van der Waals surface area contributed by atoms with Gasteiger partial charge in [-0.05, 0) is 12.8 Å². The van der Waals surface area contributed by atoms with Crippen molar-refractivity contribution in [3.8, 4) is 0 Å². The summed E-state index contributed by atoms with van der Waals surface area (Å²) in [4.78, 5) is 0. The van der Waals surface area contributed by atoms with Gasteiger partial charge in [0.15, 0.2) is 0 Å². The average molecular weight is 193 g/mol. The van der Waals surface area contributed by atoms with Crippen LogP contribution in [0.15, 0.2) is 0 Å². The van der Waals surface area contributed by atoms with Crippen molar-refractivity contribution < 1.29 is 18.3 Å². The number of rotatable bonds is 4. The molecule has 70 valence electrons. The zero-order valence-corrected chi connectivity index (χ0v) is 6.84. The molecule has 0 aliphatic carbocycles. The molecular weight excluding hydrogens is 181 g/mol. The van der Waals surface area contributed by atoms with E-state index in [0.29, 0.717) is 12.8 Å². The van der Waals surface area contributed by atoms with Crippen molar-refractivity contribution in [1.82, 2.24) is 0 Å². The quantitative estimate of drug-likeness (QED) is 0.679. The fourth-order valence-electron chi connectivity index (χ4n) is 0.614. The minimum absolute atomic E-state index is 0. The van der Waals surface area contributed by atoms with Crippen molar-refractivity contribution in [3.05, 3.63) is 0 Å². The van der Waals surface area contributed by atoms with E-state index in [1.165, 1.54) is 0 Å². The van der Waals surface area contributed by atoms with Gasteiger partial charge in [-0.1, -0.05) is 6.42 Å². The topological polar surface area (TPSA) is 20.2 Å². The first-order chi connectivity index (χ1) is 4.56. The molecule has 0 heterocycles. The lowest BCUT2D eigenvalue weighted by molar-refractivity contribution is -0.135. The SMILES string of the molecule is Cl.OCCCCCC(F)(F)F. The summed E-state index contributed by atoms with van der Waals surface area (Å²) in [5.74, 6) is 0. The van der Waals surface area contributed by atoms with Crippen LogP contribution in [-0.4, -0.2) is 17.9 Å². The van der Waals surface area contributed by atoms with E-state index in [9.17, 15) is 13.2 Å². The smallest absolute Gasteiger partial charge is 0.389 e. The van der Waals surface area contributed by atoms with Gasteiger partial charge in [0.05, 0.1) is 0 Å². The van der Waals surface area contributed by atoms with Crippen LogP contribution in [0.3, 0.4) is 0 Å². The minimum atomic E-state index is -4.03. The molecule has 1 nitrogen and oxygen atoms in total. The summed E-state index contributed by atoms with van der Waals surface area (Å²) in [6.07, 6.45) is -3.71. The molecule has 0 bridgehead atoms. The molecule has 0 saturated heterocycles. The molecule has 0 aliphatic rings. The maximum Gasteiger partial charge on any atom is 0.389 e. The van der Waals surface area contributed by atoms with Crippen LogP contribution in [0.2, 0.25) is 0 Å². The summed E-state index contributed by atoms with van der Waals surface area (Å²) in [7, 11) is 0. The van der Waals surface area contributed by atoms with Gasteiger partial charge in [0.25, 0.3) is 0 Å². The highest BCUT2D eigenvalue weighted by Crippen LogP contribution is 2.22. The summed E-state index contributed by atoms with van der Waals surface area (Å²) in [5.41, 5.74) is 0. The van der Waals surface area contributed by atoms with Gasteiger partial charge in [-0.3, -0.25) is 0 Å². The lowest BCUT2D eigenvalue weighted by Gasteiger charge is -2.03. The van der Waals surface area contributed by atoms with Crippen molar-refractivity contribution in [2.45, 2.75) is 31.9 Å². The number of aliphatic hydroxyl groups is 1. The zero-order chi connectivity index (χ0) is 8.04. The van der Waals surface area contributed by atoms with Crippen molar-refractivity contribution in [2.75, 3.05) is 6.61 Å². The molecule has 0 unspecified atom stereocenters. The van der Waals surface area contributed by atoms with E-state index in [1.807, 2.05) is 0 Å². The van der Waals surface area contributed by atoms with Crippen molar-refractivity contribution >= 4 is 12.4 Å². The highest BCUT2D eigenvalue weighted by Gasteiger charge is 2.25. The summed E-state index contributed by atoms with van der Waals surface area (Å²) in [5, 5.41) is 8.21. The Hall–Kier alpha value is 0.0400. The van der Waals surface area contributed by atoms with E-state index in [2.05, 4.69) is 0 Å². The lowest BCUT2D eigenvalue weighted by Crippen LogP contribution is -2.06. The second-order valence-corrected chi connectivity index (χ2v) is 2.15. The Balaban J connectivity index is 0. The van der Waals surface area contributed by atoms with Gasteiger partial charge in [-0.25, -0.2) is 0 Å². The van der Waals surface area contributed by atoms with Gasteiger partial charge in [0, 0.05) is 13.0 Å². The van der Waals surface area contributed by atoms with E-state index in [4.69, 9.17) is 5.11 Å². The molecule has 0 spiro atoms. The fourth-order valence-corrected chi connectivity index (χ4v) is 0.614. The van der Waals surface area contributed by atoms with Crippen molar-refractivity contribution in [1.29, 1.82) is 0 Å². The molecule has 1 N–H and O–H groups in total. The van der Waals surface area contributed by atoms with Gasteiger partial charge < -0.3 is 5.11 Å². The maximum absolute atomic E-state index is 11.4. The predicted molar refractivity (Wildman–Crippen MR) is 38.9 cm³/mol. The highest BCUT2D eigenvalue weighted by molar-refractivity contribution is 5.85. The van der Waals surface area contributed by atoms with Crippen LogP contribution in [0.1, 0.15) is 25.7 Å². The van der Waals surface area contributed by atoms with E-state index < -0.39 is 12.6 Å². The van der Waals surface area contributed by atoms with Gasteiger partial charge in [0.2, 0.25) is 0 Å². The van der Waals surface area contributed by atoms with Crippen LogP contribution in [0.25, 0.3) is 0 Å². The molecular formula is C6H12ClF3O. The molecule has 0 aromatic rings. The third-order valence-corrected chi connectivity index (χ3v) is 1.12. The van der Waals surface area contributed by atoms with E-state index in [1.54, 1.807) is 0 Å². The monoisotopic (exact) mass is 192 g/mol. The second-order valence-electron chi connectivity index (χ2n) is 2.15. The Labute approximate surface area is 70.0 Å². The first-order valence-corrected chi connectivity index (χ1v) is 3.24. The summed E-state index contributed by atoms with van der Waals surface area (Å²) < 4.78 is 34.3. The van der Waals surface area contributed by atoms with Gasteiger partial charge >= 0.3 is 6.18 Å². The minimum Gasteiger partial charge on any atom is -0.396 e. The third-order valence-electron chi connectivity index (χ3n) is 1.12. The number of alkyl halides is 3. The van der Waals surface area contributed by atoms with Gasteiger partial charge in [-0.15, -0.1) is 12.4 Å². The van der Waals surface area contributed by atoms with Crippen LogP contribution in [0.5, 0.6) is 0 Å². The normalized spacial score (nSPS) is 10.9. The van der Waals surface area contributed by atoms with Crippen LogP contribution < -0.4 is 0 Å². The van der Waals surface area contributed by atoms with E-state index in [0.717, 1.165) is 0 Å². The molecule has 0 atom stereocenters. The highest BCUT2D eigenvalue weighted by atomic mass is 35.5. The van der Waals surface area contributed by atoms with Crippen molar-refractivity contribution in [2.24, 2.45) is 0 Å². The zero-order valence-electron chi connectivity index (χ0n) is 6.02. The van der Waals surface area contributed by atoms with Gasteiger partial charge in [0.1, 0.15) is 0 Å². The molecule has 0 aromatic heterocycles. The van der Waals surface area contributed by atoms with E-state index >= 15 is 0 Å². The molecule has 5 heteroatoms. The van der Waals surface area contributed by atoms with Crippen LogP contribution in [0, 0.1) is 0 Å². The number of halogens is 4. The Morgan fingerprint density at radius 3 is 1.91 bits per heavy atom. The Kier molecular flexibility index (Phi) is 8.33. The number of unbranched alkanes of at least 4 members (excludes halogenated alkanes) is 2. The third kappa shape index (κ3) is 13.1. The Morgan fingerprint density at radius 2 is 1.55 bits per heavy atom.